The molecule has 0 amide bonds. The first-order valence-electron chi connectivity index (χ1n) is 15.0. The van der Waals surface area contributed by atoms with Crippen LogP contribution in [-0.4, -0.2) is 52.3 Å². The average molecular weight is 537 g/mol. The number of hydrogen-bond acceptors (Lipinski definition) is 4. The normalized spacial score (nSPS) is 21.1. The first-order chi connectivity index (χ1) is 17.3. The van der Waals surface area contributed by atoms with E-state index in [4.69, 9.17) is 33.5 Å². The fourth-order valence-corrected chi connectivity index (χ4v) is 4.96. The van der Waals surface area contributed by atoms with Crippen molar-refractivity contribution in [3.8, 4) is 0 Å². The van der Waals surface area contributed by atoms with E-state index in [0.29, 0.717) is 12.2 Å². The van der Waals surface area contributed by atoms with Crippen molar-refractivity contribution in [1.29, 1.82) is 0 Å². The van der Waals surface area contributed by atoms with Crippen molar-refractivity contribution < 1.29 is 33.5 Å². The van der Waals surface area contributed by atoms with E-state index in [1.165, 1.54) is 128 Å². The van der Waals surface area contributed by atoms with Gasteiger partial charge in [-0.05, 0) is 25.7 Å². The molecule has 36 heavy (non-hydrogen) atoms. The van der Waals surface area contributed by atoms with Crippen molar-refractivity contribution in [2.45, 2.75) is 167 Å². The molecule has 8 heteroatoms. The summed E-state index contributed by atoms with van der Waals surface area (Å²) in [5.74, 6) is 0. The van der Waals surface area contributed by atoms with Crippen LogP contribution in [0.25, 0.3) is 0 Å². The van der Waals surface area contributed by atoms with Gasteiger partial charge in [-0.2, -0.15) is 0 Å². The number of hydrogen-bond donors (Lipinski definition) is 3. The molecular weight excluding hydrogens is 479 g/mol. The lowest BCUT2D eigenvalue weighted by Gasteiger charge is -2.40. The molecule has 216 valence electrons. The predicted molar refractivity (Wildman–Crippen MR) is 146 cm³/mol. The Morgan fingerprint density at radius 2 is 0.917 bits per heavy atom. The Balaban J connectivity index is 0.00000118. The highest BCUT2D eigenvalue weighted by atomic mass is 31.2. The molecule has 3 N–H and O–H groups in total. The molecule has 0 spiro atoms. The van der Waals surface area contributed by atoms with Gasteiger partial charge in [-0.3, -0.25) is 0 Å². The smallest absolute Gasteiger partial charge is 0.375 e. The van der Waals surface area contributed by atoms with Crippen LogP contribution in [-0.2, 0) is 18.8 Å². The van der Waals surface area contributed by atoms with Crippen LogP contribution in [0.1, 0.15) is 142 Å². The molecule has 4 atom stereocenters. The Kier molecular flexibility index (Phi) is 20.7. The summed E-state index contributed by atoms with van der Waals surface area (Å²) in [5.41, 5.74) is 0. The van der Waals surface area contributed by atoms with Crippen molar-refractivity contribution in [2.24, 2.45) is 0 Å². The minimum Gasteiger partial charge on any atom is -0.375 e. The molecule has 2 rings (SSSR count). The van der Waals surface area contributed by atoms with Crippen LogP contribution in [0.3, 0.4) is 0 Å². The third-order valence-electron chi connectivity index (χ3n) is 7.33. The third-order valence-corrected chi connectivity index (χ3v) is 7.33. The molecule has 2 saturated heterocycles. The molecule has 0 aromatic carbocycles. The maximum Gasteiger partial charge on any atom is 0.466 e. The largest absolute Gasteiger partial charge is 0.466 e. The van der Waals surface area contributed by atoms with Crippen LogP contribution in [0.2, 0.25) is 0 Å². The zero-order chi connectivity index (χ0) is 26.5. The Bertz CT molecular complexity index is 490. The minimum atomic E-state index is -4.64. The predicted octanol–water partition coefficient (Wildman–Crippen LogP) is 7.45. The maximum absolute atomic E-state index is 8.88. The molecule has 0 radical (unpaired) electrons. The molecule has 2 fully saturated rings. The van der Waals surface area contributed by atoms with Gasteiger partial charge in [-0.25, -0.2) is 4.57 Å². The Labute approximate surface area is 221 Å². The van der Waals surface area contributed by atoms with Gasteiger partial charge in [0.15, 0.2) is 0 Å². The molecule has 0 aliphatic carbocycles. The van der Waals surface area contributed by atoms with Gasteiger partial charge in [0.05, 0.1) is 24.4 Å². The SMILES string of the molecule is CCCCCCCCCCC(OC(CCCCCCCCCC)C1CCO1)C1CCO1.O=P(O)(O)O. The second-order valence-corrected chi connectivity index (χ2v) is 11.7. The highest BCUT2D eigenvalue weighted by molar-refractivity contribution is 7.45. The standard InChI is InChI=1S/C28H54O3.H3O4P/c1-3-5-7-9-11-13-15-17-19-27(25-21-23-29-25)31-28(26-22-24-30-26)20-18-16-14-12-10-8-6-4-2;1-5(2,3)4/h25-28H,3-24H2,1-2H3;(H3,1,2,3,4). The summed E-state index contributed by atoms with van der Waals surface area (Å²) in [4.78, 5) is 21.6. The maximum atomic E-state index is 8.88. The van der Waals surface area contributed by atoms with Gasteiger partial charge in [0.1, 0.15) is 0 Å². The van der Waals surface area contributed by atoms with E-state index in [1.54, 1.807) is 0 Å². The lowest BCUT2D eigenvalue weighted by atomic mass is 9.96. The van der Waals surface area contributed by atoms with Crippen LogP contribution >= 0.6 is 7.82 Å². The van der Waals surface area contributed by atoms with E-state index in [9.17, 15) is 0 Å². The summed E-state index contributed by atoms with van der Waals surface area (Å²) in [6.07, 6.45) is 27.9. The molecule has 0 bridgehead atoms. The van der Waals surface area contributed by atoms with Crippen molar-refractivity contribution >= 4 is 7.82 Å². The Hall–Kier alpha value is -0.0100. The van der Waals surface area contributed by atoms with Gasteiger partial charge >= 0.3 is 7.82 Å². The molecule has 7 nitrogen and oxygen atoms in total. The number of rotatable bonds is 22. The van der Waals surface area contributed by atoms with E-state index in [0.717, 1.165) is 13.2 Å². The quantitative estimate of drug-likeness (QED) is 0.0974. The first kappa shape index (κ1) is 34.0. The van der Waals surface area contributed by atoms with Crippen LogP contribution in [0.15, 0.2) is 0 Å². The molecule has 0 aromatic rings. The van der Waals surface area contributed by atoms with Gasteiger partial charge < -0.3 is 28.9 Å². The molecule has 0 aromatic heterocycles. The van der Waals surface area contributed by atoms with Crippen LogP contribution < -0.4 is 0 Å². The van der Waals surface area contributed by atoms with Gasteiger partial charge in [0.25, 0.3) is 0 Å². The fraction of sp³-hybridized carbons (Fsp3) is 1.00. The van der Waals surface area contributed by atoms with E-state index in [1.807, 2.05) is 0 Å². The lowest BCUT2D eigenvalue weighted by molar-refractivity contribution is -0.202. The summed E-state index contributed by atoms with van der Waals surface area (Å²) in [7, 11) is -4.64. The van der Waals surface area contributed by atoms with Crippen molar-refractivity contribution in [3.63, 3.8) is 0 Å². The molecule has 2 heterocycles. The summed E-state index contributed by atoms with van der Waals surface area (Å²) in [5, 5.41) is 0. The van der Waals surface area contributed by atoms with Gasteiger partial charge in [0.2, 0.25) is 0 Å². The second-order valence-electron chi connectivity index (χ2n) is 10.6. The highest BCUT2D eigenvalue weighted by Crippen LogP contribution is 2.29. The zero-order valence-electron chi connectivity index (χ0n) is 23.3. The summed E-state index contributed by atoms with van der Waals surface area (Å²) in [6.45, 7) is 6.42. The minimum absolute atomic E-state index is 0.289. The Morgan fingerprint density at radius 3 is 1.17 bits per heavy atom. The average Bonchev–Trinajstić information content (AvgIpc) is 2.73. The monoisotopic (exact) mass is 536 g/mol. The van der Waals surface area contributed by atoms with E-state index >= 15 is 0 Å². The number of unbranched alkanes of at least 4 members (excludes halogenated alkanes) is 14. The van der Waals surface area contributed by atoms with Crippen molar-refractivity contribution in [3.05, 3.63) is 0 Å². The first-order valence-corrected chi connectivity index (χ1v) is 16.6. The molecule has 2 aliphatic rings. The van der Waals surface area contributed by atoms with Crippen molar-refractivity contribution in [2.75, 3.05) is 13.2 Å². The van der Waals surface area contributed by atoms with Gasteiger partial charge in [-0.15, -0.1) is 0 Å². The van der Waals surface area contributed by atoms with Crippen molar-refractivity contribution in [1.82, 2.24) is 0 Å². The summed E-state index contributed by atoms with van der Waals surface area (Å²) >= 11 is 0. The van der Waals surface area contributed by atoms with Crippen LogP contribution in [0, 0.1) is 0 Å². The van der Waals surface area contributed by atoms with E-state index < -0.39 is 7.82 Å². The Morgan fingerprint density at radius 1 is 0.639 bits per heavy atom. The second kappa shape index (κ2) is 21.9. The highest BCUT2D eigenvalue weighted by Gasteiger charge is 2.35. The fourth-order valence-electron chi connectivity index (χ4n) is 4.96. The van der Waals surface area contributed by atoms with E-state index in [2.05, 4.69) is 13.8 Å². The summed E-state index contributed by atoms with van der Waals surface area (Å²) in [6, 6.07) is 0. The molecule has 4 unspecified atom stereocenters. The van der Waals surface area contributed by atoms with Crippen LogP contribution in [0.5, 0.6) is 0 Å². The molecular formula is C28H57O7P. The molecule has 2 aliphatic heterocycles. The number of phosphoric acid groups is 1. The zero-order valence-corrected chi connectivity index (χ0v) is 24.2. The topological polar surface area (TPSA) is 105 Å². The summed E-state index contributed by atoms with van der Waals surface area (Å²) < 4.78 is 27.4. The third kappa shape index (κ3) is 19.1. The lowest BCUT2D eigenvalue weighted by Crippen LogP contribution is -2.47. The molecule has 0 saturated carbocycles. The van der Waals surface area contributed by atoms with Gasteiger partial charge in [-0.1, -0.05) is 117 Å². The number of ether oxygens (including phenoxy) is 3. The van der Waals surface area contributed by atoms with Crippen LogP contribution in [0.4, 0.5) is 0 Å². The van der Waals surface area contributed by atoms with Gasteiger partial charge in [0, 0.05) is 13.2 Å². The van der Waals surface area contributed by atoms with E-state index in [-0.39, 0.29) is 12.2 Å².